The molecule has 2 unspecified atom stereocenters. The molecule has 20 heavy (non-hydrogen) atoms. The molecule has 1 aliphatic rings. The van der Waals surface area contributed by atoms with E-state index in [1.807, 2.05) is 0 Å². The minimum absolute atomic E-state index is 0.0671. The molecule has 1 saturated carbocycles. The van der Waals surface area contributed by atoms with Crippen LogP contribution in [0.1, 0.15) is 32.1 Å². The van der Waals surface area contributed by atoms with Gasteiger partial charge in [-0.15, -0.1) is 0 Å². The Kier molecular flexibility index (Phi) is 5.09. The lowest BCUT2D eigenvalue weighted by Crippen LogP contribution is -2.29. The zero-order valence-electron chi connectivity index (χ0n) is 11.3. The third kappa shape index (κ3) is 3.77. The van der Waals surface area contributed by atoms with Crippen molar-refractivity contribution in [3.05, 3.63) is 30.1 Å². The van der Waals surface area contributed by atoms with E-state index >= 15 is 0 Å². The number of halogens is 1. The Labute approximate surface area is 117 Å². The normalized spacial score (nSPS) is 23.6. The molecule has 3 N–H and O–H groups in total. The van der Waals surface area contributed by atoms with E-state index in [0.29, 0.717) is 6.42 Å². The summed E-state index contributed by atoms with van der Waals surface area (Å²) in [6, 6.07) is 5.83. The molecule has 1 fully saturated rings. The molecule has 1 aliphatic carbocycles. The maximum absolute atomic E-state index is 13.4. The molecular weight excluding hydrogens is 261 g/mol. The quantitative estimate of drug-likeness (QED) is 0.774. The summed E-state index contributed by atoms with van der Waals surface area (Å²) in [5.41, 5.74) is 0.0671. The van der Waals surface area contributed by atoms with Gasteiger partial charge in [0.1, 0.15) is 11.9 Å². The summed E-state index contributed by atoms with van der Waals surface area (Å²) in [6.45, 7) is 0. The van der Waals surface area contributed by atoms with Crippen LogP contribution in [0.5, 0.6) is 0 Å². The smallest absolute Gasteiger partial charge is 0.253 e. The summed E-state index contributed by atoms with van der Waals surface area (Å²) in [6.07, 6.45) is 2.10. The average molecular weight is 281 g/mol. The Morgan fingerprint density at radius 3 is 2.80 bits per heavy atom. The summed E-state index contributed by atoms with van der Waals surface area (Å²) in [5, 5.41) is 21.9. The minimum atomic E-state index is -1.18. The molecule has 0 radical (unpaired) electrons. The Morgan fingerprint density at radius 1 is 1.40 bits per heavy atom. The summed E-state index contributed by atoms with van der Waals surface area (Å²) >= 11 is 0. The maximum atomic E-state index is 13.4. The van der Waals surface area contributed by atoms with Gasteiger partial charge in [-0.1, -0.05) is 18.6 Å². The third-order valence-corrected chi connectivity index (χ3v) is 3.86. The first kappa shape index (κ1) is 14.9. The summed E-state index contributed by atoms with van der Waals surface area (Å²) in [7, 11) is 0. The van der Waals surface area contributed by atoms with Crippen LogP contribution >= 0.6 is 0 Å². The first-order valence-electron chi connectivity index (χ1n) is 6.99. The van der Waals surface area contributed by atoms with Crippen molar-refractivity contribution < 1.29 is 19.4 Å². The number of carbonyl (C=O) groups excluding carboxylic acids is 1. The number of anilines is 1. The van der Waals surface area contributed by atoms with Crippen molar-refractivity contribution in [3.8, 4) is 0 Å². The van der Waals surface area contributed by atoms with E-state index in [1.54, 1.807) is 6.07 Å². The van der Waals surface area contributed by atoms with E-state index < -0.39 is 17.8 Å². The zero-order chi connectivity index (χ0) is 14.5. The van der Waals surface area contributed by atoms with Crippen molar-refractivity contribution in [2.75, 3.05) is 5.32 Å². The van der Waals surface area contributed by atoms with Crippen molar-refractivity contribution in [1.29, 1.82) is 0 Å². The van der Waals surface area contributed by atoms with E-state index in [2.05, 4.69) is 5.32 Å². The molecule has 0 spiro atoms. The fourth-order valence-corrected chi connectivity index (χ4v) is 2.64. The molecule has 1 amide bonds. The molecule has 4 nitrogen and oxygen atoms in total. The highest BCUT2D eigenvalue weighted by Crippen LogP contribution is 2.29. The molecule has 0 bridgehead atoms. The predicted molar refractivity (Wildman–Crippen MR) is 73.6 cm³/mol. The fourth-order valence-electron chi connectivity index (χ4n) is 2.64. The number of nitrogens with one attached hydrogen (secondary N) is 1. The van der Waals surface area contributed by atoms with Crippen molar-refractivity contribution in [3.63, 3.8) is 0 Å². The molecule has 1 aromatic rings. The van der Waals surface area contributed by atoms with Crippen LogP contribution in [0.15, 0.2) is 24.3 Å². The topological polar surface area (TPSA) is 69.6 Å². The number of rotatable bonds is 5. The zero-order valence-corrected chi connectivity index (χ0v) is 11.3. The average Bonchev–Trinajstić information content (AvgIpc) is 2.84. The number of amides is 1. The van der Waals surface area contributed by atoms with Crippen molar-refractivity contribution >= 4 is 11.6 Å². The van der Waals surface area contributed by atoms with Crippen LogP contribution in [0.4, 0.5) is 10.1 Å². The molecule has 3 atom stereocenters. The fraction of sp³-hybridized carbons (Fsp3) is 0.533. The second kappa shape index (κ2) is 6.81. The van der Waals surface area contributed by atoms with Gasteiger partial charge in [0, 0.05) is 0 Å². The maximum Gasteiger partial charge on any atom is 0.253 e. The van der Waals surface area contributed by atoms with E-state index in [4.69, 9.17) is 0 Å². The monoisotopic (exact) mass is 281 g/mol. The number of hydrogen-bond acceptors (Lipinski definition) is 3. The van der Waals surface area contributed by atoms with Gasteiger partial charge in [-0.3, -0.25) is 4.79 Å². The van der Waals surface area contributed by atoms with E-state index in [-0.39, 0.29) is 24.1 Å². The highest BCUT2D eigenvalue weighted by atomic mass is 19.1. The highest BCUT2D eigenvalue weighted by molar-refractivity contribution is 5.94. The number of carbonyl (C=O) groups is 1. The number of aliphatic hydroxyl groups is 2. The molecule has 1 aromatic carbocycles. The first-order valence-corrected chi connectivity index (χ1v) is 6.99. The van der Waals surface area contributed by atoms with Crippen LogP contribution < -0.4 is 5.32 Å². The van der Waals surface area contributed by atoms with Crippen molar-refractivity contribution in [1.82, 2.24) is 0 Å². The molecule has 0 aromatic heterocycles. The van der Waals surface area contributed by atoms with Gasteiger partial charge in [-0.05, 0) is 43.7 Å². The minimum Gasteiger partial charge on any atom is -0.393 e. The number of hydrogen-bond donors (Lipinski definition) is 3. The van der Waals surface area contributed by atoms with E-state index in [1.165, 1.54) is 18.2 Å². The number of benzene rings is 1. The van der Waals surface area contributed by atoms with Gasteiger partial charge in [0.15, 0.2) is 0 Å². The molecular formula is C15H20FNO3. The molecule has 110 valence electrons. The second-order valence-corrected chi connectivity index (χ2v) is 5.32. The van der Waals surface area contributed by atoms with E-state index in [9.17, 15) is 19.4 Å². The lowest BCUT2D eigenvalue weighted by atomic mass is 9.97. The van der Waals surface area contributed by atoms with Crippen LogP contribution in [0.2, 0.25) is 0 Å². The van der Waals surface area contributed by atoms with Crippen LogP contribution in [0, 0.1) is 11.7 Å². The standard InChI is InChI=1S/C15H20FNO3/c16-11-5-1-2-6-12(11)17-15(20)14(19)9-8-10-4-3-7-13(10)18/h1-2,5-6,10,13-14,18-19H,3-4,7-9H2,(H,17,20)/t10-,13?,14?/m0/s1. The molecule has 2 rings (SSSR count). The molecule has 0 saturated heterocycles. The van der Waals surface area contributed by atoms with Crippen LogP contribution in [0.3, 0.4) is 0 Å². The highest BCUT2D eigenvalue weighted by Gasteiger charge is 2.26. The predicted octanol–water partition coefficient (Wildman–Crippen LogP) is 2.07. The lowest BCUT2D eigenvalue weighted by Gasteiger charge is -2.17. The Hall–Kier alpha value is -1.46. The largest absolute Gasteiger partial charge is 0.393 e. The summed E-state index contributed by atoms with van der Waals surface area (Å²) < 4.78 is 13.4. The molecule has 0 heterocycles. The number of para-hydroxylation sites is 1. The lowest BCUT2D eigenvalue weighted by molar-refractivity contribution is -0.124. The van der Waals surface area contributed by atoms with Gasteiger partial charge < -0.3 is 15.5 Å². The second-order valence-electron chi connectivity index (χ2n) is 5.32. The first-order chi connectivity index (χ1) is 9.58. The van der Waals surface area contributed by atoms with E-state index in [0.717, 1.165) is 19.3 Å². The van der Waals surface area contributed by atoms with Crippen LogP contribution in [-0.4, -0.2) is 28.3 Å². The number of aliphatic hydroxyl groups excluding tert-OH is 2. The Bertz CT molecular complexity index is 466. The van der Waals surface area contributed by atoms with Gasteiger partial charge in [-0.25, -0.2) is 4.39 Å². The van der Waals surface area contributed by atoms with Crippen molar-refractivity contribution in [2.45, 2.75) is 44.3 Å². The van der Waals surface area contributed by atoms with Crippen LogP contribution in [-0.2, 0) is 4.79 Å². The Morgan fingerprint density at radius 2 is 2.15 bits per heavy atom. The van der Waals surface area contributed by atoms with Gasteiger partial charge in [0.2, 0.25) is 0 Å². The summed E-state index contributed by atoms with van der Waals surface area (Å²) in [4.78, 5) is 11.8. The van der Waals surface area contributed by atoms with Crippen molar-refractivity contribution in [2.24, 2.45) is 5.92 Å². The van der Waals surface area contributed by atoms with Crippen LogP contribution in [0.25, 0.3) is 0 Å². The summed E-state index contributed by atoms with van der Waals surface area (Å²) in [5.74, 6) is -0.979. The Balaban J connectivity index is 1.81. The third-order valence-electron chi connectivity index (χ3n) is 3.86. The van der Waals surface area contributed by atoms with Gasteiger partial charge in [0.05, 0.1) is 11.8 Å². The van der Waals surface area contributed by atoms with Gasteiger partial charge in [-0.2, -0.15) is 0 Å². The SMILES string of the molecule is O=C(Nc1ccccc1F)C(O)CC[C@@H]1CCCC1O. The van der Waals surface area contributed by atoms with Gasteiger partial charge >= 0.3 is 0 Å². The molecule has 0 aliphatic heterocycles. The van der Waals surface area contributed by atoms with Gasteiger partial charge in [0.25, 0.3) is 5.91 Å². The molecule has 5 heteroatoms.